The number of fused-ring (bicyclic) bond motifs is 2. The summed E-state index contributed by atoms with van der Waals surface area (Å²) >= 11 is 0. The number of H-pyrrole nitrogens is 1. The molecule has 10 nitrogen and oxygen atoms in total. The lowest BCUT2D eigenvalue weighted by Crippen LogP contribution is -2.36. The molecule has 202 valence electrons. The number of rotatable bonds is 6. The maximum Gasteiger partial charge on any atom is 0.323 e. The van der Waals surface area contributed by atoms with Gasteiger partial charge in [-0.1, -0.05) is 18.2 Å². The molecule has 0 spiro atoms. The Morgan fingerprint density at radius 1 is 0.975 bits per heavy atom. The van der Waals surface area contributed by atoms with Crippen molar-refractivity contribution in [2.24, 2.45) is 0 Å². The number of morpholine rings is 1. The summed E-state index contributed by atoms with van der Waals surface area (Å²) in [6.45, 7) is 5.22. The second-order valence-corrected chi connectivity index (χ2v) is 10.4. The summed E-state index contributed by atoms with van der Waals surface area (Å²) in [5, 5.41) is 10.3. The molecule has 7 rings (SSSR count). The zero-order chi connectivity index (χ0) is 27.1. The van der Waals surface area contributed by atoms with Gasteiger partial charge in [-0.2, -0.15) is 0 Å². The third-order valence-corrected chi connectivity index (χ3v) is 7.39. The maximum absolute atomic E-state index is 13.1. The summed E-state index contributed by atoms with van der Waals surface area (Å²) in [4.78, 5) is 32.9. The molecule has 5 aromatic rings. The number of nitrogens with one attached hydrogen (secondary N) is 4. The summed E-state index contributed by atoms with van der Waals surface area (Å²) in [6, 6.07) is 17.4. The second kappa shape index (κ2) is 10.1. The van der Waals surface area contributed by atoms with E-state index in [9.17, 15) is 4.79 Å². The predicted molar refractivity (Wildman–Crippen MR) is 158 cm³/mol. The number of hydrogen-bond acceptors (Lipinski definition) is 7. The van der Waals surface area contributed by atoms with Crippen LogP contribution in [0, 0.1) is 6.92 Å². The van der Waals surface area contributed by atoms with Crippen LogP contribution < -0.4 is 20.9 Å². The fourth-order valence-electron chi connectivity index (χ4n) is 5.11. The van der Waals surface area contributed by atoms with Crippen LogP contribution in [0.25, 0.3) is 21.9 Å². The number of hydrogen-bond donors (Lipinski definition) is 4. The number of urea groups is 1. The van der Waals surface area contributed by atoms with Crippen LogP contribution in [0.1, 0.15) is 30.1 Å². The Balaban J connectivity index is 1.13. The van der Waals surface area contributed by atoms with Gasteiger partial charge in [-0.15, -0.1) is 0 Å². The van der Waals surface area contributed by atoms with Crippen molar-refractivity contribution in [3.63, 3.8) is 0 Å². The van der Waals surface area contributed by atoms with Crippen LogP contribution in [0.15, 0.2) is 60.8 Å². The maximum atomic E-state index is 13.1. The minimum atomic E-state index is -0.342. The van der Waals surface area contributed by atoms with Crippen molar-refractivity contribution in [1.29, 1.82) is 0 Å². The lowest BCUT2D eigenvalue weighted by molar-refractivity contribution is 0.122. The molecule has 10 heteroatoms. The van der Waals surface area contributed by atoms with E-state index in [2.05, 4.69) is 30.8 Å². The Hall–Kier alpha value is -4.70. The largest absolute Gasteiger partial charge is 0.378 e. The number of para-hydroxylation sites is 1. The van der Waals surface area contributed by atoms with Crippen LogP contribution >= 0.6 is 0 Å². The third kappa shape index (κ3) is 5.01. The number of imidazole rings is 1. The first-order valence-corrected chi connectivity index (χ1v) is 13.6. The molecule has 40 heavy (non-hydrogen) atoms. The van der Waals surface area contributed by atoms with E-state index in [1.807, 2.05) is 67.7 Å². The molecular formula is C30H30N8O2. The number of carbonyl (C=O) groups is 1. The summed E-state index contributed by atoms with van der Waals surface area (Å²) in [5.74, 6) is 1.88. The fourth-order valence-corrected chi connectivity index (χ4v) is 5.11. The molecule has 3 heterocycles. The number of nitrogens with zero attached hydrogens (tertiary/aromatic N) is 4. The van der Waals surface area contributed by atoms with Gasteiger partial charge in [-0.3, -0.25) is 0 Å². The van der Waals surface area contributed by atoms with Gasteiger partial charge in [0.25, 0.3) is 0 Å². The van der Waals surface area contributed by atoms with Crippen molar-refractivity contribution in [3.8, 4) is 0 Å². The third-order valence-electron chi connectivity index (χ3n) is 7.39. The fraction of sp³-hybridized carbons (Fsp3) is 0.267. The number of amides is 2. The lowest BCUT2D eigenvalue weighted by atomic mass is 10.1. The number of carbonyl (C=O) groups excluding carboxylic acids is 1. The van der Waals surface area contributed by atoms with E-state index in [0.29, 0.717) is 23.2 Å². The molecule has 2 amide bonds. The molecule has 1 saturated carbocycles. The molecule has 2 aromatic heterocycles. The Kier molecular flexibility index (Phi) is 6.16. The molecule has 0 bridgehead atoms. The first kappa shape index (κ1) is 24.3. The van der Waals surface area contributed by atoms with Crippen LogP contribution in [0.4, 0.5) is 33.5 Å². The quantitative estimate of drug-likeness (QED) is 0.214. The van der Waals surface area contributed by atoms with Crippen LogP contribution in [0.3, 0.4) is 0 Å². The van der Waals surface area contributed by atoms with E-state index in [-0.39, 0.29) is 6.03 Å². The first-order valence-electron chi connectivity index (χ1n) is 13.6. The summed E-state index contributed by atoms with van der Waals surface area (Å²) < 4.78 is 5.44. The van der Waals surface area contributed by atoms with Gasteiger partial charge in [0, 0.05) is 47.7 Å². The van der Waals surface area contributed by atoms with Crippen LogP contribution in [0.2, 0.25) is 0 Å². The Morgan fingerprint density at radius 3 is 2.60 bits per heavy atom. The minimum Gasteiger partial charge on any atom is -0.378 e. The van der Waals surface area contributed by atoms with Crippen molar-refractivity contribution < 1.29 is 9.53 Å². The van der Waals surface area contributed by atoms with Crippen LogP contribution in [0.5, 0.6) is 0 Å². The standard InChI is InChI=1S/C30H30N8O2/c1-18-3-2-4-20-17-31-29(37-26(18)20)32-22-15-24-27(36-28(34-24)19-5-6-19)25(16-22)35-30(39)33-21-7-9-23(10-8-21)38-11-13-40-14-12-38/h2-4,7-10,15-17,19H,5-6,11-14H2,1H3,(H,34,36)(H,31,32,37)(H2,33,35,39). The zero-order valence-corrected chi connectivity index (χ0v) is 22.2. The smallest absolute Gasteiger partial charge is 0.323 e. The molecule has 3 aromatic carbocycles. The van der Waals surface area contributed by atoms with Crippen molar-refractivity contribution in [1.82, 2.24) is 19.9 Å². The lowest BCUT2D eigenvalue weighted by Gasteiger charge is -2.28. The van der Waals surface area contributed by atoms with Gasteiger partial charge in [0.1, 0.15) is 11.3 Å². The van der Waals surface area contributed by atoms with E-state index in [4.69, 9.17) is 14.7 Å². The van der Waals surface area contributed by atoms with Crippen LogP contribution in [-0.4, -0.2) is 52.3 Å². The van der Waals surface area contributed by atoms with E-state index < -0.39 is 0 Å². The van der Waals surface area contributed by atoms with Crippen LogP contribution in [-0.2, 0) is 4.74 Å². The van der Waals surface area contributed by atoms with Gasteiger partial charge >= 0.3 is 6.03 Å². The molecule has 4 N–H and O–H groups in total. The predicted octanol–water partition coefficient (Wildman–Crippen LogP) is 5.92. The number of aryl methyl sites for hydroxylation is 1. The monoisotopic (exact) mass is 534 g/mol. The molecule has 1 saturated heterocycles. The average molecular weight is 535 g/mol. The molecule has 1 aliphatic heterocycles. The van der Waals surface area contributed by atoms with Crippen molar-refractivity contribution in [3.05, 3.63) is 72.2 Å². The highest BCUT2D eigenvalue weighted by Gasteiger charge is 2.27. The average Bonchev–Trinajstić information content (AvgIpc) is 3.73. The zero-order valence-electron chi connectivity index (χ0n) is 22.2. The minimum absolute atomic E-state index is 0.342. The van der Waals surface area contributed by atoms with Gasteiger partial charge < -0.3 is 30.6 Å². The molecule has 1 aliphatic carbocycles. The van der Waals surface area contributed by atoms with Crippen molar-refractivity contribution in [2.75, 3.05) is 47.2 Å². The highest BCUT2D eigenvalue weighted by Crippen LogP contribution is 2.40. The van der Waals surface area contributed by atoms with Gasteiger partial charge in [0.2, 0.25) is 5.95 Å². The van der Waals surface area contributed by atoms with Crippen molar-refractivity contribution >= 4 is 56.7 Å². The van der Waals surface area contributed by atoms with E-state index in [1.165, 1.54) is 0 Å². The summed E-state index contributed by atoms with van der Waals surface area (Å²) in [5.41, 5.74) is 6.72. The molecule has 0 radical (unpaired) electrons. The molecule has 2 fully saturated rings. The van der Waals surface area contributed by atoms with Gasteiger partial charge in [-0.05, 0) is 61.7 Å². The highest BCUT2D eigenvalue weighted by atomic mass is 16.5. The normalized spacial score (nSPS) is 15.4. The molecule has 0 unspecified atom stereocenters. The highest BCUT2D eigenvalue weighted by molar-refractivity contribution is 6.06. The Morgan fingerprint density at radius 2 is 1.80 bits per heavy atom. The van der Waals surface area contributed by atoms with E-state index >= 15 is 0 Å². The van der Waals surface area contributed by atoms with Crippen molar-refractivity contribution in [2.45, 2.75) is 25.7 Å². The van der Waals surface area contributed by atoms with E-state index in [0.717, 1.165) is 83.8 Å². The van der Waals surface area contributed by atoms with Gasteiger partial charge in [-0.25, -0.2) is 19.7 Å². The Bertz CT molecular complexity index is 1710. The van der Waals surface area contributed by atoms with E-state index in [1.54, 1.807) is 0 Å². The SMILES string of the molecule is Cc1cccc2cnc(Nc3cc(NC(=O)Nc4ccc(N5CCOCC5)cc4)c4nc(C5CC5)[nH]c4c3)nc12. The topological polar surface area (TPSA) is 120 Å². The molecule has 0 atom stereocenters. The number of ether oxygens (including phenoxy) is 1. The molecule has 2 aliphatic rings. The molecular weight excluding hydrogens is 504 g/mol. The number of aromatic nitrogens is 4. The van der Waals surface area contributed by atoms with Gasteiger partial charge in [0.15, 0.2) is 0 Å². The second-order valence-electron chi connectivity index (χ2n) is 10.4. The first-order chi connectivity index (χ1) is 19.6. The summed E-state index contributed by atoms with van der Waals surface area (Å²) in [6.07, 6.45) is 4.06. The Labute approximate surface area is 231 Å². The summed E-state index contributed by atoms with van der Waals surface area (Å²) in [7, 11) is 0. The number of anilines is 5. The number of benzene rings is 3. The van der Waals surface area contributed by atoms with Gasteiger partial charge in [0.05, 0.1) is 29.9 Å². The number of aromatic amines is 1.